The number of hydrogen-bond donors (Lipinski definition) is 2. The number of anilines is 1. The van der Waals surface area contributed by atoms with Crippen molar-refractivity contribution in [2.24, 2.45) is 0 Å². The van der Waals surface area contributed by atoms with Gasteiger partial charge in [-0.1, -0.05) is 0 Å². The first-order chi connectivity index (χ1) is 9.88. The Morgan fingerprint density at radius 3 is 2.19 bits per heavy atom. The summed E-state index contributed by atoms with van der Waals surface area (Å²) in [4.78, 5) is 25.9. The molecule has 0 aliphatic carbocycles. The summed E-state index contributed by atoms with van der Waals surface area (Å²) in [6.07, 6.45) is 1.07. The van der Waals surface area contributed by atoms with Gasteiger partial charge in [-0.15, -0.1) is 0 Å². The van der Waals surface area contributed by atoms with Gasteiger partial charge in [0, 0.05) is 5.56 Å². The SMILES string of the molecule is O=C(Nc1ccc(C(=O)O)nc1)c1cc(F)c(F)c(F)c1. The largest absolute Gasteiger partial charge is 0.477 e. The minimum absolute atomic E-state index is 0.121. The summed E-state index contributed by atoms with van der Waals surface area (Å²) in [5, 5.41) is 10.9. The summed E-state index contributed by atoms with van der Waals surface area (Å²) in [5.74, 6) is -6.77. The van der Waals surface area contributed by atoms with E-state index >= 15 is 0 Å². The molecule has 0 fully saturated rings. The van der Waals surface area contributed by atoms with Crippen LogP contribution in [0.4, 0.5) is 18.9 Å². The Hall–Kier alpha value is -2.90. The van der Waals surface area contributed by atoms with Crippen molar-refractivity contribution >= 4 is 17.6 Å². The predicted molar refractivity (Wildman–Crippen MR) is 65.5 cm³/mol. The van der Waals surface area contributed by atoms with E-state index in [1.165, 1.54) is 6.07 Å². The quantitative estimate of drug-likeness (QED) is 0.853. The number of carbonyl (C=O) groups is 2. The van der Waals surface area contributed by atoms with Crippen molar-refractivity contribution in [3.63, 3.8) is 0 Å². The lowest BCUT2D eigenvalue weighted by atomic mass is 10.2. The Morgan fingerprint density at radius 2 is 1.71 bits per heavy atom. The van der Waals surface area contributed by atoms with Gasteiger partial charge in [0.05, 0.1) is 11.9 Å². The number of hydrogen-bond acceptors (Lipinski definition) is 3. The number of pyridine rings is 1. The molecule has 0 aliphatic rings. The molecule has 0 spiro atoms. The number of benzene rings is 1. The lowest BCUT2D eigenvalue weighted by Gasteiger charge is -2.06. The third-order valence-corrected chi connectivity index (χ3v) is 2.49. The zero-order valence-electron chi connectivity index (χ0n) is 10.2. The lowest BCUT2D eigenvalue weighted by molar-refractivity contribution is 0.0690. The lowest BCUT2D eigenvalue weighted by Crippen LogP contribution is -2.13. The van der Waals surface area contributed by atoms with Gasteiger partial charge >= 0.3 is 5.97 Å². The van der Waals surface area contributed by atoms with E-state index in [0.717, 1.165) is 12.3 Å². The molecule has 0 saturated heterocycles. The maximum absolute atomic E-state index is 13.0. The second-order valence-electron chi connectivity index (χ2n) is 3.95. The Bertz CT molecular complexity index is 694. The van der Waals surface area contributed by atoms with E-state index in [4.69, 9.17) is 5.11 Å². The Kier molecular flexibility index (Phi) is 3.88. The van der Waals surface area contributed by atoms with Gasteiger partial charge in [0.1, 0.15) is 5.69 Å². The minimum Gasteiger partial charge on any atom is -0.477 e. The van der Waals surface area contributed by atoms with Gasteiger partial charge in [-0.05, 0) is 24.3 Å². The number of nitrogens with one attached hydrogen (secondary N) is 1. The van der Waals surface area contributed by atoms with Crippen LogP contribution in [0, 0.1) is 17.5 Å². The van der Waals surface area contributed by atoms with E-state index in [2.05, 4.69) is 10.3 Å². The first-order valence-electron chi connectivity index (χ1n) is 5.53. The van der Waals surface area contributed by atoms with Gasteiger partial charge in [-0.2, -0.15) is 0 Å². The van der Waals surface area contributed by atoms with Gasteiger partial charge in [-0.25, -0.2) is 22.9 Å². The summed E-state index contributed by atoms with van der Waals surface area (Å²) in [7, 11) is 0. The highest BCUT2D eigenvalue weighted by Gasteiger charge is 2.15. The number of aromatic carboxylic acids is 1. The summed E-state index contributed by atoms with van der Waals surface area (Å²) in [6, 6.07) is 3.49. The second-order valence-corrected chi connectivity index (χ2v) is 3.95. The molecular weight excluding hydrogens is 289 g/mol. The molecule has 0 radical (unpaired) electrons. The average Bonchev–Trinajstić information content (AvgIpc) is 2.44. The van der Waals surface area contributed by atoms with Gasteiger partial charge in [0.25, 0.3) is 5.91 Å². The van der Waals surface area contributed by atoms with Crippen LogP contribution in [-0.4, -0.2) is 22.0 Å². The molecule has 1 aromatic heterocycles. The topological polar surface area (TPSA) is 79.3 Å². The molecule has 0 bridgehead atoms. The molecular formula is C13H7F3N2O3. The summed E-state index contributed by atoms with van der Waals surface area (Å²) >= 11 is 0. The normalized spacial score (nSPS) is 10.2. The van der Waals surface area contributed by atoms with E-state index in [9.17, 15) is 22.8 Å². The monoisotopic (exact) mass is 296 g/mol. The Balaban J connectivity index is 2.20. The third kappa shape index (κ3) is 3.16. The number of carboxylic acids is 1. The van der Waals surface area contributed by atoms with Crippen LogP contribution in [0.1, 0.15) is 20.8 Å². The van der Waals surface area contributed by atoms with Crippen molar-refractivity contribution in [1.82, 2.24) is 4.98 Å². The highest BCUT2D eigenvalue weighted by Crippen LogP contribution is 2.15. The van der Waals surface area contributed by atoms with E-state index < -0.39 is 34.9 Å². The average molecular weight is 296 g/mol. The van der Waals surface area contributed by atoms with Crippen molar-refractivity contribution in [3.05, 3.63) is 59.2 Å². The number of nitrogens with zero attached hydrogens (tertiary/aromatic N) is 1. The zero-order chi connectivity index (χ0) is 15.6. The zero-order valence-corrected chi connectivity index (χ0v) is 10.2. The van der Waals surface area contributed by atoms with Crippen molar-refractivity contribution in [3.8, 4) is 0 Å². The fraction of sp³-hybridized carbons (Fsp3) is 0. The van der Waals surface area contributed by atoms with Crippen molar-refractivity contribution in [1.29, 1.82) is 0 Å². The molecule has 0 unspecified atom stereocenters. The van der Waals surface area contributed by atoms with Crippen LogP contribution < -0.4 is 5.32 Å². The molecule has 1 aromatic carbocycles. The Morgan fingerprint density at radius 1 is 1.10 bits per heavy atom. The van der Waals surface area contributed by atoms with Crippen molar-refractivity contribution in [2.45, 2.75) is 0 Å². The smallest absolute Gasteiger partial charge is 0.354 e. The van der Waals surface area contributed by atoms with Gasteiger partial charge < -0.3 is 10.4 Å². The standard InChI is InChI=1S/C13H7F3N2O3/c14-8-3-6(4-9(15)11(8)16)12(19)18-7-1-2-10(13(20)21)17-5-7/h1-5H,(H,18,19)(H,20,21). The fourth-order valence-electron chi connectivity index (χ4n) is 1.48. The molecule has 8 heteroatoms. The molecule has 0 saturated carbocycles. The van der Waals surface area contributed by atoms with Crippen LogP contribution in [0.3, 0.4) is 0 Å². The van der Waals surface area contributed by atoms with Gasteiger partial charge in [-0.3, -0.25) is 4.79 Å². The molecule has 1 amide bonds. The molecule has 2 aromatic rings. The van der Waals surface area contributed by atoms with Gasteiger partial charge in [0.2, 0.25) is 0 Å². The fourth-order valence-corrected chi connectivity index (χ4v) is 1.48. The molecule has 0 aliphatic heterocycles. The minimum atomic E-state index is -1.67. The van der Waals surface area contributed by atoms with Crippen LogP contribution in [-0.2, 0) is 0 Å². The number of carboxylic acid groups (broad SMARTS) is 1. The maximum atomic E-state index is 13.0. The Labute approximate surface area is 116 Å². The number of aromatic nitrogens is 1. The first-order valence-corrected chi connectivity index (χ1v) is 5.53. The molecule has 5 nitrogen and oxygen atoms in total. The molecule has 21 heavy (non-hydrogen) atoms. The summed E-state index contributed by atoms with van der Waals surface area (Å²) < 4.78 is 38.8. The first kappa shape index (κ1) is 14.5. The number of carbonyl (C=O) groups excluding carboxylic acids is 1. The van der Waals surface area contributed by atoms with Crippen molar-refractivity contribution in [2.75, 3.05) is 5.32 Å². The van der Waals surface area contributed by atoms with Crippen LogP contribution in [0.15, 0.2) is 30.5 Å². The molecule has 2 rings (SSSR count). The number of halogens is 3. The number of amides is 1. The molecule has 108 valence electrons. The van der Waals surface area contributed by atoms with Crippen LogP contribution >= 0.6 is 0 Å². The summed E-state index contributed by atoms with van der Waals surface area (Å²) in [5.41, 5.74) is -0.532. The van der Waals surface area contributed by atoms with E-state index in [-0.39, 0.29) is 11.4 Å². The molecule has 2 N–H and O–H groups in total. The number of rotatable bonds is 3. The van der Waals surface area contributed by atoms with E-state index in [1.54, 1.807) is 0 Å². The van der Waals surface area contributed by atoms with Gasteiger partial charge in [0.15, 0.2) is 17.5 Å². The second kappa shape index (κ2) is 5.61. The highest BCUT2D eigenvalue weighted by atomic mass is 19.2. The third-order valence-electron chi connectivity index (χ3n) is 2.49. The van der Waals surface area contributed by atoms with Crippen LogP contribution in [0.2, 0.25) is 0 Å². The summed E-state index contributed by atoms with van der Waals surface area (Å²) in [6.45, 7) is 0. The highest BCUT2D eigenvalue weighted by molar-refractivity contribution is 6.04. The van der Waals surface area contributed by atoms with E-state index in [1.807, 2.05) is 0 Å². The van der Waals surface area contributed by atoms with Crippen LogP contribution in [0.5, 0.6) is 0 Å². The van der Waals surface area contributed by atoms with Crippen LogP contribution in [0.25, 0.3) is 0 Å². The maximum Gasteiger partial charge on any atom is 0.354 e. The van der Waals surface area contributed by atoms with Crippen molar-refractivity contribution < 1.29 is 27.9 Å². The van der Waals surface area contributed by atoms with E-state index in [0.29, 0.717) is 12.1 Å². The predicted octanol–water partition coefficient (Wildman–Crippen LogP) is 2.45. The molecule has 0 atom stereocenters. The molecule has 1 heterocycles.